The number of hydrogen-bond donors (Lipinski definition) is 1. The van der Waals surface area contributed by atoms with Crippen molar-refractivity contribution >= 4 is 32.9 Å². The summed E-state index contributed by atoms with van der Waals surface area (Å²) in [5.41, 5.74) is 7.58. The zero-order chi connectivity index (χ0) is 29.8. The molecule has 0 spiro atoms. The van der Waals surface area contributed by atoms with E-state index in [-0.39, 0.29) is 35.0 Å². The van der Waals surface area contributed by atoms with Crippen LogP contribution in [0, 0.1) is 21.7 Å². The minimum atomic E-state index is -0.508. The van der Waals surface area contributed by atoms with E-state index in [1.54, 1.807) is 65.4 Å². The Morgan fingerprint density at radius 1 is 0.619 bits per heavy atom. The summed E-state index contributed by atoms with van der Waals surface area (Å²) < 4.78 is 28.8. The number of fused-ring (bicyclic) bond motifs is 2. The Hall–Kier alpha value is -5.64. The first kappa shape index (κ1) is 27.9. The zero-order valence-corrected chi connectivity index (χ0v) is 22.1. The molecule has 210 valence electrons. The summed E-state index contributed by atoms with van der Waals surface area (Å²) in [6.45, 7) is 0.682. The second-order valence-electron chi connectivity index (χ2n) is 9.55. The molecule has 42 heavy (non-hydrogen) atoms. The predicted molar refractivity (Wildman–Crippen MR) is 158 cm³/mol. The standard InChI is InChI=1S/C16H11FN2O3.C16H13FN2O/c17-12-6-4-11(5-7-12)10-18-9-8-13-14(16(18)20)2-1-3-15(13)19(21)22;17-12-6-4-11(5-7-12)10-19-9-8-13-14(16(19)20)2-1-3-15(13)18/h1-9H,10H2;1-9H,10,18H2. The fourth-order valence-electron chi connectivity index (χ4n) is 4.63. The van der Waals surface area contributed by atoms with E-state index in [0.717, 1.165) is 16.5 Å². The molecule has 8 nitrogen and oxygen atoms in total. The lowest BCUT2D eigenvalue weighted by Crippen LogP contribution is -2.20. The van der Waals surface area contributed by atoms with Crippen LogP contribution in [-0.4, -0.2) is 14.1 Å². The Morgan fingerprint density at radius 3 is 1.57 bits per heavy atom. The lowest BCUT2D eigenvalue weighted by Gasteiger charge is -2.08. The van der Waals surface area contributed by atoms with Gasteiger partial charge in [0.1, 0.15) is 11.6 Å². The van der Waals surface area contributed by atoms with Gasteiger partial charge in [0, 0.05) is 34.9 Å². The summed E-state index contributed by atoms with van der Waals surface area (Å²) in [4.78, 5) is 35.3. The maximum Gasteiger partial charge on any atom is 0.277 e. The van der Waals surface area contributed by atoms with Gasteiger partial charge in [-0.2, -0.15) is 0 Å². The molecule has 0 aliphatic carbocycles. The Bertz CT molecular complexity index is 2040. The van der Waals surface area contributed by atoms with Crippen molar-refractivity contribution in [2.45, 2.75) is 13.1 Å². The van der Waals surface area contributed by atoms with Gasteiger partial charge in [-0.1, -0.05) is 36.4 Å². The van der Waals surface area contributed by atoms with Crippen LogP contribution < -0.4 is 16.9 Å². The highest BCUT2D eigenvalue weighted by atomic mass is 19.1. The van der Waals surface area contributed by atoms with Gasteiger partial charge in [0.05, 0.1) is 28.8 Å². The van der Waals surface area contributed by atoms with Gasteiger partial charge in [-0.25, -0.2) is 8.78 Å². The van der Waals surface area contributed by atoms with E-state index >= 15 is 0 Å². The van der Waals surface area contributed by atoms with Gasteiger partial charge < -0.3 is 14.9 Å². The molecule has 6 aromatic rings. The summed E-state index contributed by atoms with van der Waals surface area (Å²) in [5, 5.41) is 12.9. The summed E-state index contributed by atoms with van der Waals surface area (Å²) in [7, 11) is 0. The fourth-order valence-corrected chi connectivity index (χ4v) is 4.63. The molecule has 4 aromatic carbocycles. The molecule has 0 saturated heterocycles. The van der Waals surface area contributed by atoms with Crippen molar-refractivity contribution in [3.05, 3.63) is 163 Å². The van der Waals surface area contributed by atoms with Crippen LogP contribution in [0.5, 0.6) is 0 Å². The molecular weight excluding hydrogens is 542 g/mol. The first-order chi connectivity index (χ1) is 20.2. The number of nitrogen functional groups attached to an aromatic ring is 1. The third-order valence-electron chi connectivity index (χ3n) is 6.78. The third kappa shape index (κ3) is 5.92. The first-order valence-corrected chi connectivity index (χ1v) is 12.8. The minimum absolute atomic E-state index is 0.0940. The van der Waals surface area contributed by atoms with Crippen molar-refractivity contribution < 1.29 is 13.7 Å². The monoisotopic (exact) mass is 566 g/mol. The summed E-state index contributed by atoms with van der Waals surface area (Å²) in [6.07, 6.45) is 3.23. The molecule has 0 bridgehead atoms. The first-order valence-electron chi connectivity index (χ1n) is 12.8. The molecular formula is C32H24F2N4O4. The van der Waals surface area contributed by atoms with Gasteiger partial charge in [-0.15, -0.1) is 0 Å². The van der Waals surface area contributed by atoms with Crippen LogP contribution in [0.3, 0.4) is 0 Å². The molecule has 2 aromatic heterocycles. The van der Waals surface area contributed by atoms with Crippen LogP contribution in [0.4, 0.5) is 20.2 Å². The molecule has 0 radical (unpaired) electrons. The van der Waals surface area contributed by atoms with E-state index in [0.29, 0.717) is 28.4 Å². The van der Waals surface area contributed by atoms with Crippen LogP contribution in [0.25, 0.3) is 21.5 Å². The molecule has 6 rings (SSSR count). The maximum atomic E-state index is 12.9. The predicted octanol–water partition coefficient (Wildman–Crippen LogP) is 5.87. The van der Waals surface area contributed by atoms with Crippen molar-refractivity contribution in [1.82, 2.24) is 9.13 Å². The van der Waals surface area contributed by atoms with E-state index in [1.807, 2.05) is 6.07 Å². The van der Waals surface area contributed by atoms with E-state index in [9.17, 15) is 28.5 Å². The highest BCUT2D eigenvalue weighted by Gasteiger charge is 2.14. The number of benzene rings is 4. The number of anilines is 1. The Morgan fingerprint density at radius 2 is 1.07 bits per heavy atom. The number of non-ortho nitro benzene ring substituents is 1. The highest BCUT2D eigenvalue weighted by Crippen LogP contribution is 2.23. The van der Waals surface area contributed by atoms with Crippen LogP contribution in [-0.2, 0) is 13.1 Å². The summed E-state index contributed by atoms with van der Waals surface area (Å²) in [6, 6.07) is 25.1. The molecule has 0 aliphatic heterocycles. The van der Waals surface area contributed by atoms with E-state index in [1.165, 1.54) is 47.2 Å². The van der Waals surface area contributed by atoms with Crippen LogP contribution >= 0.6 is 0 Å². The van der Waals surface area contributed by atoms with Gasteiger partial charge in [-0.3, -0.25) is 19.7 Å². The zero-order valence-electron chi connectivity index (χ0n) is 22.1. The number of nitrogens with two attached hydrogens (primary N) is 1. The molecule has 2 N–H and O–H groups in total. The molecule has 0 amide bonds. The van der Waals surface area contributed by atoms with E-state index in [2.05, 4.69) is 0 Å². The maximum absolute atomic E-state index is 12.9. The smallest absolute Gasteiger partial charge is 0.277 e. The number of pyridine rings is 2. The SMILES string of the molecule is Nc1cccc2c(=O)n(Cc3ccc(F)cc3)ccc12.O=c1c2cccc([N+](=O)[O-])c2ccn1Cc1ccc(F)cc1. The van der Waals surface area contributed by atoms with Crippen molar-refractivity contribution in [2.24, 2.45) is 0 Å². The number of nitro groups is 1. The quantitative estimate of drug-likeness (QED) is 0.159. The van der Waals surface area contributed by atoms with Crippen molar-refractivity contribution in [2.75, 3.05) is 5.73 Å². The Labute approximate surface area is 237 Å². The number of aromatic nitrogens is 2. The summed E-state index contributed by atoms with van der Waals surface area (Å²) >= 11 is 0. The van der Waals surface area contributed by atoms with Crippen molar-refractivity contribution in [3.63, 3.8) is 0 Å². The lowest BCUT2D eigenvalue weighted by atomic mass is 10.1. The van der Waals surface area contributed by atoms with Crippen LogP contribution in [0.15, 0.2) is 119 Å². The second kappa shape index (κ2) is 11.8. The normalized spacial score (nSPS) is 10.8. The van der Waals surface area contributed by atoms with Crippen LogP contribution in [0.1, 0.15) is 11.1 Å². The van der Waals surface area contributed by atoms with E-state index in [4.69, 9.17) is 5.73 Å². The van der Waals surface area contributed by atoms with Gasteiger partial charge in [0.15, 0.2) is 0 Å². The number of nitro benzene ring substituents is 1. The molecule has 0 fully saturated rings. The Kier molecular flexibility index (Phi) is 7.87. The van der Waals surface area contributed by atoms with Gasteiger partial charge in [-0.05, 0) is 65.7 Å². The van der Waals surface area contributed by atoms with E-state index < -0.39 is 4.92 Å². The summed E-state index contributed by atoms with van der Waals surface area (Å²) in [5.74, 6) is -0.627. The molecule has 0 atom stereocenters. The average Bonchev–Trinajstić information content (AvgIpc) is 2.98. The molecule has 10 heteroatoms. The Balaban J connectivity index is 0.000000169. The lowest BCUT2D eigenvalue weighted by molar-refractivity contribution is -0.383. The molecule has 0 saturated carbocycles. The molecule has 2 heterocycles. The molecule has 0 aliphatic rings. The topological polar surface area (TPSA) is 113 Å². The number of hydrogen-bond acceptors (Lipinski definition) is 5. The number of nitrogens with zero attached hydrogens (tertiary/aromatic N) is 3. The van der Waals surface area contributed by atoms with Crippen LogP contribution in [0.2, 0.25) is 0 Å². The number of halogens is 2. The third-order valence-corrected chi connectivity index (χ3v) is 6.78. The van der Waals surface area contributed by atoms with Crippen molar-refractivity contribution in [3.8, 4) is 0 Å². The number of rotatable bonds is 5. The minimum Gasteiger partial charge on any atom is -0.398 e. The highest BCUT2D eigenvalue weighted by molar-refractivity contribution is 5.92. The van der Waals surface area contributed by atoms with Gasteiger partial charge in [0.2, 0.25) is 0 Å². The average molecular weight is 567 g/mol. The van der Waals surface area contributed by atoms with Gasteiger partial charge >= 0.3 is 0 Å². The van der Waals surface area contributed by atoms with Gasteiger partial charge in [0.25, 0.3) is 16.8 Å². The van der Waals surface area contributed by atoms with Crippen molar-refractivity contribution in [1.29, 1.82) is 0 Å². The fraction of sp³-hybridized carbons (Fsp3) is 0.0625. The second-order valence-corrected chi connectivity index (χ2v) is 9.55. The molecule has 0 unspecified atom stereocenters. The largest absolute Gasteiger partial charge is 0.398 e.